The average Bonchev–Trinajstić information content (AvgIpc) is 2.74. The first-order chi connectivity index (χ1) is 15.3. The van der Waals surface area contributed by atoms with Crippen LogP contribution in [-0.2, 0) is 9.53 Å². The summed E-state index contributed by atoms with van der Waals surface area (Å²) in [6, 6.07) is 3.65. The monoisotopic (exact) mass is 447 g/mol. The number of esters is 1. The van der Waals surface area contributed by atoms with Gasteiger partial charge in [0.25, 0.3) is 0 Å². The molecule has 2 rings (SSSR count). The molecule has 0 saturated heterocycles. The van der Waals surface area contributed by atoms with Gasteiger partial charge < -0.3 is 24.6 Å². The van der Waals surface area contributed by atoms with Gasteiger partial charge in [0.05, 0.1) is 13.2 Å². The Labute approximate surface area is 191 Å². The summed E-state index contributed by atoms with van der Waals surface area (Å²) >= 11 is 0. The van der Waals surface area contributed by atoms with E-state index in [2.05, 4.69) is 5.32 Å². The molecule has 2 atom stereocenters. The van der Waals surface area contributed by atoms with E-state index in [4.69, 9.17) is 14.2 Å². The third-order valence-corrected chi connectivity index (χ3v) is 5.24. The topological polar surface area (TPSA) is 94.1 Å². The molecule has 0 radical (unpaired) electrons. The number of hydrogen-bond donors (Lipinski definition) is 2. The Morgan fingerprint density at radius 1 is 1.22 bits per heavy atom. The van der Waals surface area contributed by atoms with E-state index >= 15 is 0 Å². The molecule has 1 aromatic carbocycles. The van der Waals surface area contributed by atoms with Gasteiger partial charge in [-0.1, -0.05) is 26.0 Å². The summed E-state index contributed by atoms with van der Waals surface area (Å²) in [7, 11) is 1.55. The number of carbonyl (C=O) groups excluding carboxylic acids is 2. The molecule has 7 heteroatoms. The van der Waals surface area contributed by atoms with Crippen molar-refractivity contribution in [3.8, 4) is 11.5 Å². The van der Waals surface area contributed by atoms with Gasteiger partial charge in [0, 0.05) is 31.5 Å². The quantitative estimate of drug-likeness (QED) is 0.612. The number of carbonyl (C=O) groups is 2. The van der Waals surface area contributed by atoms with Crippen molar-refractivity contribution in [1.82, 2.24) is 5.32 Å². The summed E-state index contributed by atoms with van der Waals surface area (Å²) in [5.74, 6) is 0.604. The SMILES string of the molecule is COc1cc2c(c(OCC(O)CNC(C)C)c1)C(=O)O[C@@H](C)CCCC(=O)CCCC=C2. The van der Waals surface area contributed by atoms with Crippen LogP contribution in [0, 0.1) is 0 Å². The van der Waals surface area contributed by atoms with Crippen LogP contribution in [0.5, 0.6) is 11.5 Å². The number of aliphatic hydroxyl groups excluding tert-OH is 1. The zero-order valence-electron chi connectivity index (χ0n) is 19.7. The lowest BCUT2D eigenvalue weighted by atomic mass is 10.0. The zero-order valence-corrected chi connectivity index (χ0v) is 19.7. The molecule has 1 aromatic rings. The number of methoxy groups -OCH3 is 1. The molecule has 178 valence electrons. The van der Waals surface area contributed by atoms with Crippen molar-refractivity contribution in [3.05, 3.63) is 29.3 Å². The number of allylic oxidation sites excluding steroid dienone is 1. The number of fused-ring (bicyclic) bond motifs is 1. The van der Waals surface area contributed by atoms with Crippen LogP contribution in [0.1, 0.15) is 75.2 Å². The fourth-order valence-electron chi connectivity index (χ4n) is 3.45. The molecule has 32 heavy (non-hydrogen) atoms. The van der Waals surface area contributed by atoms with Crippen molar-refractivity contribution >= 4 is 17.8 Å². The van der Waals surface area contributed by atoms with E-state index in [9.17, 15) is 14.7 Å². The Kier molecular flexibility index (Phi) is 10.7. The molecule has 0 amide bonds. The number of nitrogens with one attached hydrogen (secondary N) is 1. The predicted molar refractivity (Wildman–Crippen MR) is 124 cm³/mol. The van der Waals surface area contributed by atoms with Crippen LogP contribution in [-0.4, -0.2) is 55.4 Å². The molecule has 2 N–H and O–H groups in total. The van der Waals surface area contributed by atoms with Crippen LogP contribution in [0.4, 0.5) is 0 Å². The Hall–Kier alpha value is -2.38. The standard InChI is InChI=1S/C25H37NO6/c1-17(2)26-15-21(28)16-31-23-14-22(30-4)13-19-10-6-5-7-11-20(27)12-8-9-18(3)32-25(29)24(19)23/h6,10,13-14,17-18,21,26,28H,5,7-9,11-12,15-16H2,1-4H3/t18-,21?/m0/s1. The van der Waals surface area contributed by atoms with E-state index in [1.54, 1.807) is 19.2 Å². The van der Waals surface area contributed by atoms with Gasteiger partial charge in [0.15, 0.2) is 0 Å². The van der Waals surface area contributed by atoms with Gasteiger partial charge in [-0.3, -0.25) is 4.79 Å². The van der Waals surface area contributed by atoms with Gasteiger partial charge >= 0.3 is 5.97 Å². The number of ether oxygens (including phenoxy) is 3. The van der Waals surface area contributed by atoms with E-state index in [1.165, 1.54) is 0 Å². The van der Waals surface area contributed by atoms with Crippen LogP contribution in [0.2, 0.25) is 0 Å². The van der Waals surface area contributed by atoms with Crippen molar-refractivity contribution < 1.29 is 28.9 Å². The van der Waals surface area contributed by atoms with E-state index in [1.807, 2.05) is 32.9 Å². The normalized spacial score (nSPS) is 19.1. The highest BCUT2D eigenvalue weighted by Gasteiger charge is 2.23. The van der Waals surface area contributed by atoms with Crippen LogP contribution in [0.3, 0.4) is 0 Å². The maximum Gasteiger partial charge on any atom is 0.342 e. The number of benzene rings is 1. The molecule has 0 fully saturated rings. The fraction of sp³-hybridized carbons (Fsp3) is 0.600. The molecule has 1 aliphatic heterocycles. The molecule has 1 aliphatic rings. The second-order valence-electron chi connectivity index (χ2n) is 8.56. The summed E-state index contributed by atoms with van der Waals surface area (Å²) in [6.07, 6.45) is 6.59. The molecular formula is C25H37NO6. The Balaban J connectivity index is 2.33. The number of hydrogen-bond acceptors (Lipinski definition) is 7. The van der Waals surface area contributed by atoms with E-state index in [-0.39, 0.29) is 24.5 Å². The van der Waals surface area contributed by atoms with E-state index in [0.29, 0.717) is 54.9 Å². The highest BCUT2D eigenvalue weighted by Crippen LogP contribution is 2.32. The maximum absolute atomic E-state index is 13.1. The fourth-order valence-corrected chi connectivity index (χ4v) is 3.45. The molecule has 0 saturated carbocycles. The highest BCUT2D eigenvalue weighted by atomic mass is 16.5. The van der Waals surface area contributed by atoms with Crippen molar-refractivity contribution in [2.45, 2.75) is 77.5 Å². The number of cyclic esters (lactones) is 1. The Morgan fingerprint density at radius 3 is 2.69 bits per heavy atom. The average molecular weight is 448 g/mol. The lowest BCUT2D eigenvalue weighted by Crippen LogP contribution is -2.35. The van der Waals surface area contributed by atoms with Crippen molar-refractivity contribution in [2.24, 2.45) is 0 Å². The number of Topliss-reactive ketones (excluding diaryl/α,β-unsaturated/α-hetero) is 1. The van der Waals surface area contributed by atoms with Crippen molar-refractivity contribution in [2.75, 3.05) is 20.3 Å². The van der Waals surface area contributed by atoms with Gasteiger partial charge in [0.1, 0.15) is 35.6 Å². The molecule has 1 unspecified atom stereocenters. The molecule has 7 nitrogen and oxygen atoms in total. The molecule has 0 aromatic heterocycles. The second-order valence-corrected chi connectivity index (χ2v) is 8.56. The molecule has 0 bridgehead atoms. The minimum atomic E-state index is -0.735. The molecule has 0 spiro atoms. The number of rotatable bonds is 7. The first kappa shape index (κ1) is 25.9. The van der Waals surface area contributed by atoms with Gasteiger partial charge in [0.2, 0.25) is 0 Å². The Bertz CT molecular complexity index is 789. The van der Waals surface area contributed by atoms with Crippen LogP contribution < -0.4 is 14.8 Å². The van der Waals surface area contributed by atoms with Crippen LogP contribution in [0.15, 0.2) is 18.2 Å². The van der Waals surface area contributed by atoms with Gasteiger partial charge in [-0.2, -0.15) is 0 Å². The Morgan fingerprint density at radius 2 is 1.97 bits per heavy atom. The minimum absolute atomic E-state index is 0.0218. The molecular weight excluding hydrogens is 410 g/mol. The number of aliphatic hydroxyl groups is 1. The van der Waals surface area contributed by atoms with Crippen molar-refractivity contribution in [1.29, 1.82) is 0 Å². The zero-order chi connectivity index (χ0) is 23.5. The summed E-state index contributed by atoms with van der Waals surface area (Å²) in [6.45, 7) is 6.23. The largest absolute Gasteiger partial charge is 0.497 e. The molecule has 1 heterocycles. The van der Waals surface area contributed by atoms with Gasteiger partial charge in [-0.25, -0.2) is 4.79 Å². The first-order valence-electron chi connectivity index (χ1n) is 11.5. The lowest BCUT2D eigenvalue weighted by Gasteiger charge is -2.20. The summed E-state index contributed by atoms with van der Waals surface area (Å²) in [5, 5.41) is 13.4. The van der Waals surface area contributed by atoms with Crippen molar-refractivity contribution in [3.63, 3.8) is 0 Å². The van der Waals surface area contributed by atoms with Crippen LogP contribution in [0.25, 0.3) is 6.08 Å². The number of ketones is 1. The minimum Gasteiger partial charge on any atom is -0.497 e. The lowest BCUT2D eigenvalue weighted by molar-refractivity contribution is -0.119. The van der Waals surface area contributed by atoms with E-state index < -0.39 is 12.1 Å². The summed E-state index contributed by atoms with van der Waals surface area (Å²) in [5.41, 5.74) is 0.931. The maximum atomic E-state index is 13.1. The predicted octanol–water partition coefficient (Wildman–Crippen LogP) is 3.91. The van der Waals surface area contributed by atoms with E-state index in [0.717, 1.165) is 12.8 Å². The summed E-state index contributed by atoms with van der Waals surface area (Å²) in [4.78, 5) is 25.1. The highest BCUT2D eigenvalue weighted by molar-refractivity contribution is 5.97. The second kappa shape index (κ2) is 13.2. The third-order valence-electron chi connectivity index (χ3n) is 5.24. The van der Waals surface area contributed by atoms with Gasteiger partial charge in [-0.15, -0.1) is 0 Å². The third kappa shape index (κ3) is 8.63. The smallest absolute Gasteiger partial charge is 0.342 e. The molecule has 0 aliphatic carbocycles. The van der Waals surface area contributed by atoms with Gasteiger partial charge in [-0.05, 0) is 44.2 Å². The van der Waals surface area contributed by atoms with Crippen LogP contribution >= 0.6 is 0 Å². The first-order valence-corrected chi connectivity index (χ1v) is 11.5. The summed E-state index contributed by atoms with van der Waals surface area (Å²) < 4.78 is 17.0.